The van der Waals surface area contributed by atoms with Gasteiger partial charge in [-0.25, -0.2) is 4.39 Å². The molecule has 4 aromatic rings. The predicted octanol–water partition coefficient (Wildman–Crippen LogP) is 1.47. The molecule has 0 radical (unpaired) electrons. The summed E-state index contributed by atoms with van der Waals surface area (Å²) in [6, 6.07) is 8.15. The fourth-order valence-electron chi connectivity index (χ4n) is 4.76. The highest BCUT2D eigenvalue weighted by Crippen LogP contribution is 2.28. The van der Waals surface area contributed by atoms with Crippen LogP contribution in [0.3, 0.4) is 0 Å². The van der Waals surface area contributed by atoms with Gasteiger partial charge in [-0.1, -0.05) is 6.07 Å². The van der Waals surface area contributed by atoms with Gasteiger partial charge in [0.25, 0.3) is 5.91 Å². The van der Waals surface area contributed by atoms with E-state index in [1.54, 1.807) is 49.8 Å². The van der Waals surface area contributed by atoms with Crippen molar-refractivity contribution in [3.8, 4) is 17.2 Å². The number of carbonyl (C=O) groups is 2. The summed E-state index contributed by atoms with van der Waals surface area (Å²) in [5.41, 5.74) is 8.58. The number of halogens is 1. The van der Waals surface area contributed by atoms with Crippen molar-refractivity contribution < 1.29 is 19.1 Å². The molecule has 194 valence electrons. The number of alkyl halides is 1. The maximum absolute atomic E-state index is 14.5. The highest BCUT2D eigenvalue weighted by Gasteiger charge is 2.40. The van der Waals surface area contributed by atoms with E-state index in [0.717, 1.165) is 11.1 Å². The van der Waals surface area contributed by atoms with Crippen LogP contribution in [0.5, 0.6) is 0 Å². The van der Waals surface area contributed by atoms with Crippen LogP contribution in [-0.4, -0.2) is 71.8 Å². The topological polar surface area (TPSA) is 179 Å². The first-order chi connectivity index (χ1) is 18.3. The molecule has 0 aliphatic carbocycles. The largest absolute Gasteiger partial charge is 0.372 e. The maximum Gasteiger partial charge on any atom is 0.269 e. The van der Waals surface area contributed by atoms with Gasteiger partial charge < -0.3 is 26.0 Å². The van der Waals surface area contributed by atoms with E-state index in [2.05, 4.69) is 25.6 Å². The Morgan fingerprint density at radius 1 is 1.34 bits per heavy atom. The van der Waals surface area contributed by atoms with E-state index in [1.807, 2.05) is 6.07 Å². The van der Waals surface area contributed by atoms with Gasteiger partial charge in [-0.3, -0.25) is 14.3 Å². The first-order valence-corrected chi connectivity index (χ1v) is 11.8. The second-order valence-electron chi connectivity index (χ2n) is 9.10. The number of hydrogen-bond donors (Lipinski definition) is 4. The number of fused-ring (bicyclic) bond motifs is 1. The van der Waals surface area contributed by atoms with Crippen molar-refractivity contribution >= 4 is 28.5 Å². The molecule has 1 fully saturated rings. The Labute approximate surface area is 215 Å². The summed E-state index contributed by atoms with van der Waals surface area (Å²) in [7, 11) is 0. The number of nitriles is 1. The number of likely N-dealkylation sites (tertiary alicyclic amines) is 1. The number of aromatic nitrogens is 5. The number of benzene rings is 1. The number of aromatic amines is 1. The molecule has 5 rings (SSSR count). The van der Waals surface area contributed by atoms with Gasteiger partial charge in [-0.15, -0.1) is 0 Å². The van der Waals surface area contributed by atoms with Crippen molar-refractivity contribution in [3.63, 3.8) is 0 Å². The third kappa shape index (κ3) is 4.53. The highest BCUT2D eigenvalue weighted by molar-refractivity contribution is 6.05. The van der Waals surface area contributed by atoms with Crippen molar-refractivity contribution in [1.29, 1.82) is 5.26 Å². The molecule has 3 atom stereocenters. The Hall–Kier alpha value is -4.83. The van der Waals surface area contributed by atoms with Crippen LogP contribution in [0.25, 0.3) is 22.0 Å². The average Bonchev–Trinajstić information content (AvgIpc) is 3.59. The van der Waals surface area contributed by atoms with Gasteiger partial charge in [0, 0.05) is 23.6 Å². The molecule has 4 heterocycles. The number of aryl methyl sites for hydroxylation is 1. The monoisotopic (exact) mass is 517 g/mol. The van der Waals surface area contributed by atoms with E-state index in [-0.39, 0.29) is 31.0 Å². The number of hydrogen-bond acceptors (Lipinski definition) is 8. The first kappa shape index (κ1) is 24.8. The first-order valence-electron chi connectivity index (χ1n) is 11.8. The maximum atomic E-state index is 14.5. The number of amides is 2. The highest BCUT2D eigenvalue weighted by atomic mass is 19.1. The van der Waals surface area contributed by atoms with Crippen LogP contribution in [0.2, 0.25) is 0 Å². The molecule has 1 aromatic carbocycles. The van der Waals surface area contributed by atoms with Crippen LogP contribution in [0.15, 0.2) is 42.9 Å². The number of aliphatic hydroxyl groups excluding tert-OH is 1. The molecular weight excluding hydrogens is 493 g/mol. The molecular formula is C25H24FN9O3. The van der Waals surface area contributed by atoms with E-state index in [9.17, 15) is 24.3 Å². The molecule has 3 aromatic heterocycles. The normalized spacial score (nSPS) is 17.9. The van der Waals surface area contributed by atoms with E-state index < -0.39 is 30.3 Å². The van der Waals surface area contributed by atoms with E-state index >= 15 is 0 Å². The van der Waals surface area contributed by atoms with Crippen molar-refractivity contribution in [2.75, 3.05) is 11.9 Å². The Morgan fingerprint density at radius 3 is 2.87 bits per heavy atom. The van der Waals surface area contributed by atoms with E-state index in [4.69, 9.17) is 5.73 Å². The summed E-state index contributed by atoms with van der Waals surface area (Å²) in [5, 5.41) is 35.3. The standard InChI is InChI=1S/C25H24FN9O3/c1-13-9-29-24(18(13)8-27)32-25(38)20-7-16(26)11-34(20)21(36)12-35-19-3-2-14(15-4-5-30-31-10-15)6-17(19)22(33-35)23(28)37/h2-6,9-10,16,20,25,29,32,38H,7,11-12H2,1H3,(H2,28,37). The van der Waals surface area contributed by atoms with Gasteiger partial charge in [0.15, 0.2) is 5.69 Å². The van der Waals surface area contributed by atoms with Crippen LogP contribution < -0.4 is 11.1 Å². The number of carbonyl (C=O) groups excluding carboxylic acids is 2. The molecule has 5 N–H and O–H groups in total. The molecule has 12 nitrogen and oxygen atoms in total. The summed E-state index contributed by atoms with van der Waals surface area (Å²) in [4.78, 5) is 29.6. The summed E-state index contributed by atoms with van der Waals surface area (Å²) < 4.78 is 15.8. The molecule has 1 saturated heterocycles. The average molecular weight is 518 g/mol. The second kappa shape index (κ2) is 9.91. The van der Waals surface area contributed by atoms with Gasteiger partial charge >= 0.3 is 0 Å². The fraction of sp³-hybridized carbons (Fsp3) is 0.280. The van der Waals surface area contributed by atoms with Gasteiger partial charge in [0.1, 0.15) is 30.8 Å². The number of nitrogens with one attached hydrogen (secondary N) is 2. The zero-order chi connectivity index (χ0) is 27.0. The Bertz CT molecular complexity index is 1560. The number of rotatable bonds is 7. The molecule has 0 spiro atoms. The van der Waals surface area contributed by atoms with Crippen LogP contribution in [0, 0.1) is 18.3 Å². The van der Waals surface area contributed by atoms with Crippen molar-refractivity contribution in [2.45, 2.75) is 38.3 Å². The lowest BCUT2D eigenvalue weighted by molar-refractivity contribution is -0.134. The third-order valence-electron chi connectivity index (χ3n) is 6.65. The third-order valence-corrected chi connectivity index (χ3v) is 6.65. The summed E-state index contributed by atoms with van der Waals surface area (Å²) in [6.07, 6.45) is 1.97. The summed E-state index contributed by atoms with van der Waals surface area (Å²) in [6.45, 7) is 1.22. The summed E-state index contributed by atoms with van der Waals surface area (Å²) in [5.74, 6) is -0.971. The van der Waals surface area contributed by atoms with Gasteiger partial charge in [-0.05, 0) is 36.2 Å². The Morgan fingerprint density at radius 2 is 2.16 bits per heavy atom. The van der Waals surface area contributed by atoms with E-state index in [1.165, 1.54) is 9.58 Å². The van der Waals surface area contributed by atoms with Crippen LogP contribution in [0.1, 0.15) is 28.0 Å². The molecule has 2 amide bonds. The lowest BCUT2D eigenvalue weighted by Crippen LogP contribution is -2.47. The van der Waals surface area contributed by atoms with Crippen LogP contribution >= 0.6 is 0 Å². The Balaban J connectivity index is 1.41. The number of anilines is 1. The predicted molar refractivity (Wildman–Crippen MR) is 134 cm³/mol. The molecule has 13 heteroatoms. The SMILES string of the molecule is Cc1c[nH]c(NC(O)C2CC(F)CN2C(=O)Cn2nc(C(N)=O)c3cc(-c4ccnnc4)ccc32)c1C#N. The number of nitrogens with zero attached hydrogens (tertiary/aromatic N) is 6. The molecule has 0 bridgehead atoms. The minimum absolute atomic E-state index is 0.00847. The van der Waals surface area contributed by atoms with Crippen molar-refractivity contribution in [1.82, 2.24) is 29.9 Å². The van der Waals surface area contributed by atoms with E-state index in [0.29, 0.717) is 22.0 Å². The molecule has 3 unspecified atom stereocenters. The molecule has 1 aliphatic rings. The molecule has 38 heavy (non-hydrogen) atoms. The lowest BCUT2D eigenvalue weighted by Gasteiger charge is -2.29. The number of primary amides is 1. The quantitative estimate of drug-likeness (QED) is 0.266. The van der Waals surface area contributed by atoms with Crippen molar-refractivity contribution in [2.24, 2.45) is 5.73 Å². The van der Waals surface area contributed by atoms with Gasteiger partial charge in [-0.2, -0.15) is 20.6 Å². The van der Waals surface area contributed by atoms with Crippen molar-refractivity contribution in [3.05, 3.63) is 59.7 Å². The Kier molecular flexibility index (Phi) is 6.48. The number of nitrogens with two attached hydrogens (primary N) is 1. The lowest BCUT2D eigenvalue weighted by atomic mass is 10.0. The number of aliphatic hydroxyl groups is 1. The minimum Gasteiger partial charge on any atom is -0.372 e. The molecule has 1 aliphatic heterocycles. The second-order valence-corrected chi connectivity index (χ2v) is 9.10. The van der Waals surface area contributed by atoms with Gasteiger partial charge in [0.05, 0.1) is 36.1 Å². The minimum atomic E-state index is -1.34. The van der Waals surface area contributed by atoms with Crippen LogP contribution in [0.4, 0.5) is 10.2 Å². The number of H-pyrrole nitrogens is 1. The summed E-state index contributed by atoms with van der Waals surface area (Å²) >= 11 is 0. The van der Waals surface area contributed by atoms with Gasteiger partial charge in [0.2, 0.25) is 5.91 Å². The fourth-order valence-corrected chi connectivity index (χ4v) is 4.76. The molecule has 0 saturated carbocycles. The zero-order valence-electron chi connectivity index (χ0n) is 20.3. The zero-order valence-corrected chi connectivity index (χ0v) is 20.3. The smallest absolute Gasteiger partial charge is 0.269 e. The van der Waals surface area contributed by atoms with Crippen LogP contribution in [-0.2, 0) is 11.3 Å².